The molecular weight excluding hydrogens is 468 g/mol. The highest BCUT2D eigenvalue weighted by atomic mass is 35.5. The number of ether oxygens (including phenoxy) is 1. The van der Waals surface area contributed by atoms with Crippen molar-refractivity contribution in [3.05, 3.63) is 93.7 Å². The molecule has 0 fully saturated rings. The highest BCUT2D eigenvalue weighted by molar-refractivity contribution is 6.32. The van der Waals surface area contributed by atoms with Gasteiger partial charge in [-0.2, -0.15) is 5.26 Å². The first-order valence-electron chi connectivity index (χ1n) is 9.51. The minimum Gasteiger partial charge on any atom is -0.482 e. The van der Waals surface area contributed by atoms with Crippen molar-refractivity contribution in [2.45, 2.75) is 0 Å². The summed E-state index contributed by atoms with van der Waals surface area (Å²) in [5.74, 6) is -1.51. The SMILES string of the molecule is N#CC(=Cc1ccc(OCC(=O)Nc2ccccc2F)c(Cl)c1)C(=O)Nc1ccc(Cl)cc1. The smallest absolute Gasteiger partial charge is 0.266 e. The van der Waals surface area contributed by atoms with Crippen LogP contribution in [0.1, 0.15) is 5.56 Å². The van der Waals surface area contributed by atoms with Crippen LogP contribution < -0.4 is 15.4 Å². The van der Waals surface area contributed by atoms with Gasteiger partial charge in [-0.15, -0.1) is 0 Å². The van der Waals surface area contributed by atoms with Gasteiger partial charge >= 0.3 is 0 Å². The Kier molecular flexibility index (Phi) is 8.03. The minimum atomic E-state index is -0.596. The summed E-state index contributed by atoms with van der Waals surface area (Å²) in [6.07, 6.45) is 1.37. The van der Waals surface area contributed by atoms with Crippen molar-refractivity contribution in [2.75, 3.05) is 17.2 Å². The summed E-state index contributed by atoms with van der Waals surface area (Å²) >= 11 is 12.0. The zero-order valence-corrected chi connectivity index (χ0v) is 18.5. The van der Waals surface area contributed by atoms with Gasteiger partial charge in [0.2, 0.25) is 0 Å². The summed E-state index contributed by atoms with van der Waals surface area (Å²) in [4.78, 5) is 24.4. The Morgan fingerprint density at radius 1 is 1.03 bits per heavy atom. The van der Waals surface area contributed by atoms with Gasteiger partial charge in [0, 0.05) is 10.7 Å². The van der Waals surface area contributed by atoms with Crippen LogP contribution in [0.3, 0.4) is 0 Å². The van der Waals surface area contributed by atoms with Crippen LogP contribution in [0.15, 0.2) is 72.3 Å². The molecule has 2 N–H and O–H groups in total. The van der Waals surface area contributed by atoms with Crippen molar-refractivity contribution in [1.29, 1.82) is 5.26 Å². The molecule has 6 nitrogen and oxygen atoms in total. The average Bonchev–Trinajstić information content (AvgIpc) is 2.80. The van der Waals surface area contributed by atoms with E-state index in [1.54, 1.807) is 36.4 Å². The van der Waals surface area contributed by atoms with E-state index in [2.05, 4.69) is 10.6 Å². The van der Waals surface area contributed by atoms with Crippen molar-refractivity contribution in [1.82, 2.24) is 0 Å². The third-order valence-electron chi connectivity index (χ3n) is 4.24. The number of rotatable bonds is 7. The lowest BCUT2D eigenvalue weighted by Gasteiger charge is -2.10. The lowest BCUT2D eigenvalue weighted by Crippen LogP contribution is -2.20. The zero-order chi connectivity index (χ0) is 23.8. The molecule has 33 heavy (non-hydrogen) atoms. The molecule has 0 aliphatic rings. The van der Waals surface area contributed by atoms with Gasteiger partial charge in [-0.3, -0.25) is 9.59 Å². The molecule has 0 bridgehead atoms. The molecule has 0 saturated heterocycles. The van der Waals surface area contributed by atoms with Gasteiger partial charge < -0.3 is 15.4 Å². The van der Waals surface area contributed by atoms with Gasteiger partial charge in [0.25, 0.3) is 11.8 Å². The van der Waals surface area contributed by atoms with E-state index in [-0.39, 0.29) is 22.0 Å². The van der Waals surface area contributed by atoms with E-state index in [4.69, 9.17) is 27.9 Å². The van der Waals surface area contributed by atoms with E-state index in [1.165, 1.54) is 36.4 Å². The summed E-state index contributed by atoms with van der Waals surface area (Å²) in [5, 5.41) is 15.1. The number of hydrogen-bond donors (Lipinski definition) is 2. The van der Waals surface area contributed by atoms with E-state index in [1.807, 2.05) is 6.07 Å². The molecule has 0 unspecified atom stereocenters. The molecule has 0 atom stereocenters. The van der Waals surface area contributed by atoms with Gasteiger partial charge in [0.1, 0.15) is 23.2 Å². The fourth-order valence-corrected chi connectivity index (χ4v) is 3.03. The number of anilines is 2. The molecule has 0 aliphatic carbocycles. The highest BCUT2D eigenvalue weighted by Crippen LogP contribution is 2.27. The maximum atomic E-state index is 13.6. The molecule has 9 heteroatoms. The van der Waals surface area contributed by atoms with E-state index in [0.717, 1.165) is 0 Å². The molecule has 3 rings (SSSR count). The Balaban J connectivity index is 1.63. The van der Waals surface area contributed by atoms with Crippen LogP contribution in [-0.4, -0.2) is 18.4 Å². The quantitative estimate of drug-likeness (QED) is 0.333. The first-order chi connectivity index (χ1) is 15.9. The topological polar surface area (TPSA) is 91.2 Å². The molecule has 0 saturated carbocycles. The Bertz CT molecular complexity index is 1250. The standard InChI is InChI=1S/C24H16Cl2FN3O3/c25-17-6-8-18(9-7-17)29-24(32)16(13-28)11-15-5-10-22(19(26)12-15)33-14-23(31)30-21-4-2-1-3-20(21)27/h1-12H,14H2,(H,29,32)(H,30,31). The zero-order valence-electron chi connectivity index (χ0n) is 16.9. The Morgan fingerprint density at radius 2 is 1.76 bits per heavy atom. The highest BCUT2D eigenvalue weighted by Gasteiger charge is 2.12. The number of para-hydroxylation sites is 1. The van der Waals surface area contributed by atoms with Crippen molar-refractivity contribution in [3.63, 3.8) is 0 Å². The second-order valence-electron chi connectivity index (χ2n) is 6.64. The maximum absolute atomic E-state index is 13.6. The van der Waals surface area contributed by atoms with Crippen LogP contribution in [0, 0.1) is 17.1 Å². The summed E-state index contributed by atoms with van der Waals surface area (Å²) in [6.45, 7) is -0.393. The monoisotopic (exact) mass is 483 g/mol. The number of benzene rings is 3. The number of halogens is 3. The molecule has 0 spiro atoms. The maximum Gasteiger partial charge on any atom is 0.266 e. The average molecular weight is 484 g/mol. The molecular formula is C24H16Cl2FN3O3. The fraction of sp³-hybridized carbons (Fsp3) is 0.0417. The fourth-order valence-electron chi connectivity index (χ4n) is 2.66. The second kappa shape index (κ2) is 11.1. The van der Waals surface area contributed by atoms with Crippen LogP contribution in [0.25, 0.3) is 6.08 Å². The first kappa shape index (κ1) is 23.8. The van der Waals surface area contributed by atoms with Gasteiger partial charge in [-0.1, -0.05) is 41.4 Å². The number of nitrogens with zero attached hydrogens (tertiary/aromatic N) is 1. The number of carbonyl (C=O) groups is 2. The van der Waals surface area contributed by atoms with E-state index >= 15 is 0 Å². The molecule has 0 aromatic heterocycles. The van der Waals surface area contributed by atoms with Crippen LogP contribution in [-0.2, 0) is 9.59 Å². The second-order valence-corrected chi connectivity index (χ2v) is 7.48. The van der Waals surface area contributed by atoms with Gasteiger partial charge in [0.05, 0.1) is 10.7 Å². The number of carbonyl (C=O) groups excluding carboxylic acids is 2. The van der Waals surface area contributed by atoms with E-state index in [0.29, 0.717) is 16.3 Å². The molecule has 3 aromatic rings. The predicted molar refractivity (Wildman–Crippen MR) is 126 cm³/mol. The van der Waals surface area contributed by atoms with Gasteiger partial charge in [-0.05, 0) is 60.2 Å². The lowest BCUT2D eigenvalue weighted by molar-refractivity contribution is -0.118. The molecule has 0 radical (unpaired) electrons. The van der Waals surface area contributed by atoms with Crippen LogP contribution in [0.4, 0.5) is 15.8 Å². The Hall–Kier alpha value is -3.86. The summed E-state index contributed by atoms with van der Waals surface area (Å²) < 4.78 is 19.0. The molecule has 2 amide bonds. The summed E-state index contributed by atoms with van der Waals surface area (Å²) in [5.41, 5.74) is 0.865. The summed E-state index contributed by atoms with van der Waals surface area (Å²) in [6, 6.07) is 18.6. The van der Waals surface area contributed by atoms with Crippen molar-refractivity contribution < 1.29 is 18.7 Å². The largest absolute Gasteiger partial charge is 0.482 e. The van der Waals surface area contributed by atoms with Crippen molar-refractivity contribution >= 4 is 52.5 Å². The lowest BCUT2D eigenvalue weighted by atomic mass is 10.1. The minimum absolute atomic E-state index is 0.0404. The molecule has 0 aliphatic heterocycles. The van der Waals surface area contributed by atoms with E-state index < -0.39 is 24.2 Å². The Labute approximate surface area is 199 Å². The summed E-state index contributed by atoms with van der Waals surface area (Å²) in [7, 11) is 0. The first-order valence-corrected chi connectivity index (χ1v) is 10.3. The van der Waals surface area contributed by atoms with Crippen LogP contribution >= 0.6 is 23.2 Å². The number of nitrogens with one attached hydrogen (secondary N) is 2. The van der Waals surface area contributed by atoms with Crippen LogP contribution in [0.2, 0.25) is 10.0 Å². The molecule has 0 heterocycles. The number of hydrogen-bond acceptors (Lipinski definition) is 4. The van der Waals surface area contributed by atoms with E-state index in [9.17, 15) is 19.2 Å². The van der Waals surface area contributed by atoms with Crippen LogP contribution in [0.5, 0.6) is 5.75 Å². The third kappa shape index (κ3) is 6.81. The van der Waals surface area contributed by atoms with Crippen molar-refractivity contribution in [3.8, 4) is 11.8 Å². The molecule has 3 aromatic carbocycles. The predicted octanol–water partition coefficient (Wildman–Crippen LogP) is 5.70. The van der Waals surface area contributed by atoms with Gasteiger partial charge in [0.15, 0.2) is 6.61 Å². The Morgan fingerprint density at radius 3 is 2.42 bits per heavy atom. The van der Waals surface area contributed by atoms with Crippen molar-refractivity contribution in [2.24, 2.45) is 0 Å². The number of amides is 2. The normalized spacial score (nSPS) is 10.8. The third-order valence-corrected chi connectivity index (χ3v) is 4.79. The molecule has 166 valence electrons. The number of nitriles is 1. The van der Waals surface area contributed by atoms with Gasteiger partial charge in [-0.25, -0.2) is 4.39 Å².